The Balaban J connectivity index is 1.58. The lowest BCUT2D eigenvalue weighted by Gasteiger charge is -2.36. The first-order valence-corrected chi connectivity index (χ1v) is 20.9. The molecule has 10 nitrogen and oxygen atoms in total. The van der Waals surface area contributed by atoms with E-state index in [1.54, 1.807) is 18.9 Å². The van der Waals surface area contributed by atoms with E-state index in [0.29, 0.717) is 19.6 Å². The number of nitrogens with zero attached hydrogens (tertiary/aromatic N) is 2. The van der Waals surface area contributed by atoms with Crippen LogP contribution in [0.3, 0.4) is 0 Å². The van der Waals surface area contributed by atoms with Gasteiger partial charge < -0.3 is 9.64 Å². The zero-order valence-electron chi connectivity index (χ0n) is 32.0. The summed E-state index contributed by atoms with van der Waals surface area (Å²) in [6.45, 7) is 14.7. The summed E-state index contributed by atoms with van der Waals surface area (Å²) in [5, 5.41) is 0. The fourth-order valence-corrected chi connectivity index (χ4v) is 9.30. The van der Waals surface area contributed by atoms with Crippen molar-refractivity contribution in [2.75, 3.05) is 32.5 Å². The Bertz CT molecular complexity index is 1380. The molecule has 0 bridgehead atoms. The number of fused-ring (bicyclic) bond motifs is 3. The highest BCUT2D eigenvalue weighted by molar-refractivity contribution is 7.89. The molecule has 2 saturated carbocycles. The van der Waals surface area contributed by atoms with Gasteiger partial charge in [-0.2, -0.15) is 0 Å². The third-order valence-electron chi connectivity index (χ3n) is 12.5. The quantitative estimate of drug-likeness (QED) is 0.236. The Kier molecular flexibility index (Phi) is 13.3. The minimum Gasteiger partial charge on any atom is -0.378 e. The van der Waals surface area contributed by atoms with E-state index in [1.165, 1.54) is 4.31 Å². The van der Waals surface area contributed by atoms with Crippen molar-refractivity contribution in [2.24, 2.45) is 46.3 Å². The summed E-state index contributed by atoms with van der Waals surface area (Å²) in [6.07, 6.45) is 6.47. The van der Waals surface area contributed by atoms with Crippen molar-refractivity contribution >= 4 is 39.1 Å². The number of amides is 1. The molecule has 0 spiro atoms. The summed E-state index contributed by atoms with van der Waals surface area (Å²) in [7, 11) is -1.90. The van der Waals surface area contributed by atoms with Crippen molar-refractivity contribution < 1.29 is 37.1 Å². The number of sulfonamides is 1. The fraction of sp³-hybridized carbons (Fsp3) is 0.872. The van der Waals surface area contributed by atoms with Gasteiger partial charge >= 0.3 is 0 Å². The van der Waals surface area contributed by atoms with Crippen LogP contribution in [0.4, 0.5) is 0 Å². The largest absolute Gasteiger partial charge is 0.378 e. The molecule has 4 rings (SSSR count). The van der Waals surface area contributed by atoms with Crippen LogP contribution in [-0.2, 0) is 38.7 Å². The molecule has 11 heteroatoms. The van der Waals surface area contributed by atoms with Crippen molar-refractivity contribution in [3.63, 3.8) is 0 Å². The summed E-state index contributed by atoms with van der Waals surface area (Å²) in [4.78, 5) is 70.9. The Labute approximate surface area is 301 Å². The van der Waals surface area contributed by atoms with Gasteiger partial charge in [-0.05, 0) is 74.0 Å². The van der Waals surface area contributed by atoms with Crippen molar-refractivity contribution in [3.05, 3.63) is 0 Å². The molecule has 4 aliphatic rings. The number of carbonyl (C=O) groups excluding carboxylic acids is 5. The highest BCUT2D eigenvalue weighted by Crippen LogP contribution is 2.65. The standard InChI is InChI=1S/C39H64N2O8S/c1-9-50(47,48)40(8)23-28(38(3,4)5)21-29(42)22-30-25(2)49-18-14-12-10-11-13-15-27(36(45)33(44)19-26-16-17-26)20-32(43)35-34-31(39(34,6)7)24-41(35)37(30)46/h25-28,30-31,34-35H,9-24H2,1-8H3/t25-,27+,28+,30-,31-,34-,35+/m0/s1. The maximum Gasteiger partial charge on any atom is 0.229 e. The van der Waals surface area contributed by atoms with E-state index in [2.05, 4.69) is 13.8 Å². The number of ether oxygens (including phenoxy) is 1. The first kappa shape index (κ1) is 40.8. The van der Waals surface area contributed by atoms with Gasteiger partial charge in [-0.25, -0.2) is 12.7 Å². The molecule has 0 radical (unpaired) electrons. The molecule has 0 N–H and O–H groups in total. The van der Waals surface area contributed by atoms with Gasteiger partial charge in [0.15, 0.2) is 11.6 Å². The van der Waals surface area contributed by atoms with Crippen LogP contribution in [0.15, 0.2) is 0 Å². The van der Waals surface area contributed by atoms with Gasteiger partial charge in [-0.3, -0.25) is 24.0 Å². The van der Waals surface area contributed by atoms with Crippen LogP contribution in [0.2, 0.25) is 0 Å². The van der Waals surface area contributed by atoms with E-state index in [9.17, 15) is 32.4 Å². The molecule has 0 aromatic rings. The Morgan fingerprint density at radius 3 is 2.26 bits per heavy atom. The smallest absolute Gasteiger partial charge is 0.229 e. The normalized spacial score (nSPS) is 30.5. The molecule has 4 fully saturated rings. The lowest BCUT2D eigenvalue weighted by Crippen LogP contribution is -2.50. The van der Waals surface area contributed by atoms with Gasteiger partial charge in [0.25, 0.3) is 0 Å². The van der Waals surface area contributed by atoms with Crippen LogP contribution in [0.1, 0.15) is 126 Å². The molecule has 0 aromatic heterocycles. The minimum absolute atomic E-state index is 0.0278. The lowest BCUT2D eigenvalue weighted by molar-refractivity contribution is -0.149. The number of piperidine rings is 1. The third kappa shape index (κ3) is 9.91. The first-order valence-electron chi connectivity index (χ1n) is 19.3. The maximum atomic E-state index is 14.6. The average Bonchev–Trinajstić information content (AvgIpc) is 3.89. The highest BCUT2D eigenvalue weighted by Gasteiger charge is 2.69. The van der Waals surface area contributed by atoms with Crippen LogP contribution >= 0.6 is 0 Å². The van der Waals surface area contributed by atoms with Crippen LogP contribution in [0, 0.1) is 46.3 Å². The molecule has 50 heavy (non-hydrogen) atoms. The minimum atomic E-state index is -3.44. The second kappa shape index (κ2) is 16.4. The molecular formula is C39H64N2O8S. The fourth-order valence-electron chi connectivity index (χ4n) is 8.45. The molecule has 2 aliphatic heterocycles. The molecule has 0 unspecified atom stereocenters. The molecule has 284 valence electrons. The SMILES string of the molecule is CCS(=O)(=O)N(C)C[C@@H](CC(=O)C[C@@H]1C(=O)N2C[C@H]3[C@@H]([C@H]2C(=O)C[C@H](C(=O)C(=O)CC2CC2)CCCCCCCO[C@H]1C)C3(C)C)C(C)(C)C. The second-order valence-corrected chi connectivity index (χ2v) is 20.0. The van der Waals surface area contributed by atoms with E-state index in [-0.39, 0.29) is 95.7 Å². The zero-order chi connectivity index (χ0) is 37.2. The van der Waals surface area contributed by atoms with Gasteiger partial charge in [0.1, 0.15) is 5.78 Å². The molecule has 7 atom stereocenters. The van der Waals surface area contributed by atoms with E-state index in [4.69, 9.17) is 4.74 Å². The van der Waals surface area contributed by atoms with Crippen molar-refractivity contribution in [3.8, 4) is 0 Å². The van der Waals surface area contributed by atoms with Gasteiger partial charge in [-0.1, -0.05) is 60.3 Å². The van der Waals surface area contributed by atoms with E-state index < -0.39 is 39.8 Å². The van der Waals surface area contributed by atoms with Crippen LogP contribution < -0.4 is 0 Å². The number of Topliss-reactive ketones (excluding diaryl/α,β-unsaturated/α-hetero) is 4. The predicted molar refractivity (Wildman–Crippen MR) is 193 cm³/mol. The van der Waals surface area contributed by atoms with Gasteiger partial charge in [0.05, 0.1) is 23.8 Å². The van der Waals surface area contributed by atoms with Crippen molar-refractivity contribution in [2.45, 2.75) is 138 Å². The molecule has 2 saturated heterocycles. The monoisotopic (exact) mass is 720 g/mol. The van der Waals surface area contributed by atoms with Crippen LogP contribution in [0.5, 0.6) is 0 Å². The summed E-state index contributed by atoms with van der Waals surface area (Å²) < 4.78 is 32.7. The Morgan fingerprint density at radius 1 is 1.00 bits per heavy atom. The number of carbonyl (C=O) groups is 5. The maximum absolute atomic E-state index is 14.6. The molecule has 0 aromatic carbocycles. The van der Waals surface area contributed by atoms with Crippen LogP contribution in [0.25, 0.3) is 0 Å². The molecular weight excluding hydrogens is 657 g/mol. The van der Waals surface area contributed by atoms with Gasteiger partial charge in [0, 0.05) is 58.3 Å². The predicted octanol–water partition coefficient (Wildman–Crippen LogP) is 5.65. The number of hydrogen-bond acceptors (Lipinski definition) is 8. The zero-order valence-corrected chi connectivity index (χ0v) is 32.8. The third-order valence-corrected chi connectivity index (χ3v) is 14.3. The average molecular weight is 721 g/mol. The Morgan fingerprint density at radius 2 is 1.64 bits per heavy atom. The van der Waals surface area contributed by atoms with Crippen molar-refractivity contribution in [1.29, 1.82) is 0 Å². The lowest BCUT2D eigenvalue weighted by atomic mass is 9.76. The van der Waals surface area contributed by atoms with Gasteiger partial charge in [-0.15, -0.1) is 0 Å². The summed E-state index contributed by atoms with van der Waals surface area (Å²) in [6, 6.07) is -0.704. The van der Waals surface area contributed by atoms with E-state index in [0.717, 1.165) is 44.9 Å². The van der Waals surface area contributed by atoms with Crippen molar-refractivity contribution in [1.82, 2.24) is 9.21 Å². The molecule has 2 heterocycles. The topological polar surface area (TPSA) is 135 Å². The Hall–Kier alpha value is -1.98. The second-order valence-electron chi connectivity index (χ2n) is 17.6. The number of rotatable bonds is 12. The summed E-state index contributed by atoms with van der Waals surface area (Å²) in [5.74, 6) is -2.73. The van der Waals surface area contributed by atoms with E-state index >= 15 is 0 Å². The number of hydrogen-bond donors (Lipinski definition) is 0. The highest BCUT2D eigenvalue weighted by atomic mass is 32.2. The summed E-state index contributed by atoms with van der Waals surface area (Å²) >= 11 is 0. The van der Waals surface area contributed by atoms with Crippen LogP contribution in [-0.4, -0.2) is 91.3 Å². The summed E-state index contributed by atoms with van der Waals surface area (Å²) in [5.41, 5.74) is -0.495. The molecule has 2 aliphatic carbocycles. The number of ketones is 4. The molecule has 1 amide bonds. The first-order chi connectivity index (χ1) is 23.3. The van der Waals surface area contributed by atoms with E-state index in [1.807, 2.05) is 27.7 Å². The van der Waals surface area contributed by atoms with Gasteiger partial charge in [0.2, 0.25) is 21.7 Å².